The molecule has 0 radical (unpaired) electrons. The summed E-state index contributed by atoms with van der Waals surface area (Å²) < 4.78 is 10.8. The van der Waals surface area contributed by atoms with E-state index in [9.17, 15) is 4.79 Å². The summed E-state index contributed by atoms with van der Waals surface area (Å²) in [6.07, 6.45) is -0.883. The molecule has 0 bridgehead atoms. The summed E-state index contributed by atoms with van der Waals surface area (Å²) in [5.74, 6) is -0.890. The SMILES string of the molecule is CC(C)(C)[Si](C)(C)OCC1OC1C(=O)O. The number of carboxylic acids is 1. The average Bonchev–Trinajstić information content (AvgIpc) is 2.77. The van der Waals surface area contributed by atoms with Crippen molar-refractivity contribution in [3.8, 4) is 0 Å². The summed E-state index contributed by atoms with van der Waals surface area (Å²) in [5, 5.41) is 8.80. The second-order valence-corrected chi connectivity index (χ2v) is 10.3. The lowest BCUT2D eigenvalue weighted by Crippen LogP contribution is -2.41. The van der Waals surface area contributed by atoms with Gasteiger partial charge in [0.2, 0.25) is 0 Å². The number of epoxide rings is 1. The maximum atomic E-state index is 10.5. The molecule has 1 aliphatic rings. The Morgan fingerprint density at radius 1 is 1.47 bits per heavy atom. The highest BCUT2D eigenvalue weighted by Crippen LogP contribution is 2.37. The molecule has 1 fully saturated rings. The van der Waals surface area contributed by atoms with E-state index in [1.165, 1.54) is 0 Å². The summed E-state index contributed by atoms with van der Waals surface area (Å²) >= 11 is 0. The van der Waals surface area contributed by atoms with E-state index in [1.807, 2.05) is 0 Å². The first kappa shape index (κ1) is 12.7. The summed E-state index contributed by atoms with van der Waals surface area (Å²) in [6, 6.07) is 0. The molecule has 88 valence electrons. The Bertz CT molecular complexity index is 257. The molecule has 1 saturated heterocycles. The van der Waals surface area contributed by atoms with Gasteiger partial charge in [0.15, 0.2) is 14.4 Å². The van der Waals surface area contributed by atoms with Gasteiger partial charge in [0.1, 0.15) is 6.10 Å². The van der Waals surface area contributed by atoms with Crippen LogP contribution in [0, 0.1) is 0 Å². The number of carbonyl (C=O) groups is 1. The minimum Gasteiger partial charge on any atom is -0.479 e. The van der Waals surface area contributed by atoms with Gasteiger partial charge in [-0.2, -0.15) is 0 Å². The minimum atomic E-state index is -1.76. The molecule has 4 nitrogen and oxygen atoms in total. The molecule has 1 aliphatic heterocycles. The van der Waals surface area contributed by atoms with Crippen molar-refractivity contribution in [2.45, 2.75) is 51.1 Å². The highest BCUT2D eigenvalue weighted by Gasteiger charge is 2.47. The van der Waals surface area contributed by atoms with Gasteiger partial charge in [-0.05, 0) is 18.1 Å². The Morgan fingerprint density at radius 2 is 2.00 bits per heavy atom. The van der Waals surface area contributed by atoms with Crippen LogP contribution in [0.1, 0.15) is 20.8 Å². The molecule has 0 aromatic carbocycles. The number of aliphatic carboxylic acids is 1. The molecule has 0 aromatic rings. The van der Waals surface area contributed by atoms with Crippen molar-refractivity contribution in [1.82, 2.24) is 0 Å². The second-order valence-electron chi connectivity index (χ2n) is 5.50. The molecular formula is C10H20O4Si. The third-order valence-electron chi connectivity index (χ3n) is 3.24. The largest absolute Gasteiger partial charge is 0.479 e. The summed E-state index contributed by atoms with van der Waals surface area (Å²) in [4.78, 5) is 10.5. The lowest BCUT2D eigenvalue weighted by atomic mass is 10.2. The third-order valence-corrected chi connectivity index (χ3v) is 7.74. The zero-order valence-electron chi connectivity index (χ0n) is 10.0. The Balaban J connectivity index is 2.36. The fourth-order valence-electron chi connectivity index (χ4n) is 0.994. The summed E-state index contributed by atoms with van der Waals surface area (Å²) in [5.41, 5.74) is 0. The quantitative estimate of drug-likeness (QED) is 0.593. The van der Waals surface area contributed by atoms with Gasteiger partial charge in [-0.25, -0.2) is 4.79 Å². The van der Waals surface area contributed by atoms with Gasteiger partial charge in [0.25, 0.3) is 0 Å². The molecule has 15 heavy (non-hydrogen) atoms. The average molecular weight is 232 g/mol. The summed E-state index contributed by atoms with van der Waals surface area (Å²) in [6.45, 7) is 11.2. The van der Waals surface area contributed by atoms with Crippen LogP contribution in [0.2, 0.25) is 18.1 Å². The van der Waals surface area contributed by atoms with E-state index in [4.69, 9.17) is 14.3 Å². The van der Waals surface area contributed by atoms with Gasteiger partial charge in [-0.15, -0.1) is 0 Å². The highest BCUT2D eigenvalue weighted by molar-refractivity contribution is 6.74. The predicted octanol–water partition coefficient (Wildman–Crippen LogP) is 1.86. The van der Waals surface area contributed by atoms with Crippen LogP contribution in [-0.4, -0.2) is 38.2 Å². The van der Waals surface area contributed by atoms with Crippen molar-refractivity contribution in [1.29, 1.82) is 0 Å². The maximum absolute atomic E-state index is 10.5. The van der Waals surface area contributed by atoms with E-state index in [0.29, 0.717) is 6.61 Å². The normalized spacial score (nSPS) is 26.5. The van der Waals surface area contributed by atoms with E-state index in [1.54, 1.807) is 0 Å². The standard InChI is InChI=1S/C10H20O4Si/c1-10(2,3)15(4,5)13-6-7-8(14-7)9(11)12/h7-8H,6H2,1-5H3,(H,11,12). The number of hydrogen-bond acceptors (Lipinski definition) is 3. The maximum Gasteiger partial charge on any atom is 0.335 e. The van der Waals surface area contributed by atoms with Crippen LogP contribution in [0.3, 0.4) is 0 Å². The van der Waals surface area contributed by atoms with E-state index < -0.39 is 20.4 Å². The van der Waals surface area contributed by atoms with Gasteiger partial charge in [0.05, 0.1) is 6.61 Å². The Hall–Kier alpha value is -0.393. The monoisotopic (exact) mass is 232 g/mol. The van der Waals surface area contributed by atoms with Gasteiger partial charge < -0.3 is 14.3 Å². The van der Waals surface area contributed by atoms with E-state index >= 15 is 0 Å². The number of rotatable bonds is 4. The van der Waals surface area contributed by atoms with Crippen molar-refractivity contribution >= 4 is 14.3 Å². The fraction of sp³-hybridized carbons (Fsp3) is 0.900. The molecule has 0 amide bonds. The fourth-order valence-corrected chi connectivity index (χ4v) is 2.01. The minimum absolute atomic E-state index is 0.153. The predicted molar refractivity (Wildman–Crippen MR) is 59.4 cm³/mol. The van der Waals surface area contributed by atoms with Crippen molar-refractivity contribution in [3.05, 3.63) is 0 Å². The van der Waals surface area contributed by atoms with Crippen LogP contribution in [0.5, 0.6) is 0 Å². The lowest BCUT2D eigenvalue weighted by Gasteiger charge is -2.35. The number of hydrogen-bond donors (Lipinski definition) is 1. The lowest BCUT2D eigenvalue weighted by molar-refractivity contribution is -0.138. The van der Waals surface area contributed by atoms with E-state index in [-0.39, 0.29) is 11.1 Å². The van der Waals surface area contributed by atoms with Crippen molar-refractivity contribution in [2.75, 3.05) is 6.61 Å². The Kier molecular flexibility index (Phi) is 3.28. The topological polar surface area (TPSA) is 59.1 Å². The zero-order valence-corrected chi connectivity index (χ0v) is 11.0. The molecule has 0 spiro atoms. The van der Waals surface area contributed by atoms with E-state index in [0.717, 1.165) is 0 Å². The smallest absolute Gasteiger partial charge is 0.335 e. The molecule has 0 aliphatic carbocycles. The van der Waals surface area contributed by atoms with Crippen LogP contribution < -0.4 is 0 Å². The zero-order chi connectivity index (χ0) is 11.9. The number of carboxylic acid groups (broad SMARTS) is 1. The molecule has 1 rings (SSSR count). The van der Waals surface area contributed by atoms with Crippen LogP contribution in [0.25, 0.3) is 0 Å². The van der Waals surface area contributed by atoms with Crippen molar-refractivity contribution in [3.63, 3.8) is 0 Å². The van der Waals surface area contributed by atoms with Crippen LogP contribution in [0.4, 0.5) is 0 Å². The van der Waals surface area contributed by atoms with Crippen LogP contribution in [-0.2, 0) is 14.0 Å². The first-order valence-electron chi connectivity index (χ1n) is 5.17. The molecule has 2 atom stereocenters. The molecule has 0 saturated carbocycles. The summed E-state index contributed by atoms with van der Waals surface area (Å²) in [7, 11) is -1.76. The molecule has 1 N–H and O–H groups in total. The Morgan fingerprint density at radius 3 is 2.33 bits per heavy atom. The first-order valence-corrected chi connectivity index (χ1v) is 8.08. The second kappa shape index (κ2) is 3.88. The van der Waals surface area contributed by atoms with Crippen LogP contribution >= 0.6 is 0 Å². The van der Waals surface area contributed by atoms with Gasteiger partial charge in [-0.3, -0.25) is 0 Å². The van der Waals surface area contributed by atoms with Crippen molar-refractivity contribution < 1.29 is 19.1 Å². The molecule has 5 heteroatoms. The molecular weight excluding hydrogens is 212 g/mol. The van der Waals surface area contributed by atoms with Gasteiger partial charge >= 0.3 is 5.97 Å². The highest BCUT2D eigenvalue weighted by atomic mass is 28.4. The number of ether oxygens (including phenoxy) is 1. The first-order chi connectivity index (χ1) is 6.65. The van der Waals surface area contributed by atoms with Gasteiger partial charge in [0, 0.05) is 0 Å². The molecule has 2 unspecified atom stereocenters. The van der Waals surface area contributed by atoms with Crippen molar-refractivity contribution in [2.24, 2.45) is 0 Å². The third kappa shape index (κ3) is 3.03. The molecule has 0 aromatic heterocycles. The van der Waals surface area contributed by atoms with Crippen LogP contribution in [0.15, 0.2) is 0 Å². The van der Waals surface area contributed by atoms with E-state index in [2.05, 4.69) is 33.9 Å². The van der Waals surface area contributed by atoms with Gasteiger partial charge in [-0.1, -0.05) is 20.8 Å². The Labute approximate surface area is 91.7 Å². The molecule has 1 heterocycles.